The molecule has 3 aromatic rings. The molecule has 2 heteroatoms. The molecule has 1 aliphatic heterocycles. The van der Waals surface area contributed by atoms with E-state index in [4.69, 9.17) is 0 Å². The Balaban J connectivity index is 1.69. The minimum Gasteiger partial charge on any atom is -0.351 e. The molecule has 24 heavy (non-hydrogen) atoms. The molecule has 2 nitrogen and oxygen atoms in total. The van der Waals surface area contributed by atoms with Gasteiger partial charge in [0.15, 0.2) is 0 Å². The van der Waals surface area contributed by atoms with Crippen LogP contribution in [0.25, 0.3) is 0 Å². The summed E-state index contributed by atoms with van der Waals surface area (Å²) in [5.41, 5.74) is 5.24. The third-order valence-corrected chi connectivity index (χ3v) is 4.76. The highest BCUT2D eigenvalue weighted by Crippen LogP contribution is 2.35. The van der Waals surface area contributed by atoms with Gasteiger partial charge in [-0.05, 0) is 36.8 Å². The Labute approximate surface area is 144 Å². The van der Waals surface area contributed by atoms with Crippen LogP contribution in [0.1, 0.15) is 17.2 Å². The number of para-hydroxylation sites is 1. The molecule has 1 heterocycles. The topological polar surface area (TPSA) is 6.48 Å². The highest BCUT2D eigenvalue weighted by molar-refractivity contribution is 5.57. The fraction of sp³-hybridized carbons (Fsp3) is 0.182. The van der Waals surface area contributed by atoms with Gasteiger partial charge in [0.1, 0.15) is 0 Å². The van der Waals surface area contributed by atoms with E-state index in [2.05, 4.69) is 102 Å². The van der Waals surface area contributed by atoms with Gasteiger partial charge in [-0.2, -0.15) is 0 Å². The van der Waals surface area contributed by atoms with Crippen LogP contribution in [0, 0.1) is 6.92 Å². The molecule has 120 valence electrons. The predicted molar refractivity (Wildman–Crippen MR) is 101 cm³/mol. The number of nitrogens with zero attached hydrogens (tertiary/aromatic N) is 2. The Morgan fingerprint density at radius 2 is 1.33 bits per heavy atom. The van der Waals surface area contributed by atoms with Crippen LogP contribution >= 0.6 is 0 Å². The van der Waals surface area contributed by atoms with E-state index in [0.29, 0.717) is 6.04 Å². The molecule has 0 amide bonds. The molecule has 0 spiro atoms. The van der Waals surface area contributed by atoms with Crippen LogP contribution in [0.5, 0.6) is 0 Å². The second-order valence-electron chi connectivity index (χ2n) is 6.43. The Bertz CT molecular complexity index is 781. The Morgan fingerprint density at radius 3 is 2.00 bits per heavy atom. The van der Waals surface area contributed by atoms with Crippen LogP contribution in [0.15, 0.2) is 84.9 Å². The molecular formula is C22H22N2. The van der Waals surface area contributed by atoms with E-state index in [1.807, 2.05) is 0 Å². The average Bonchev–Trinajstić information content (AvgIpc) is 3.09. The summed E-state index contributed by atoms with van der Waals surface area (Å²) in [7, 11) is 0. The Morgan fingerprint density at radius 1 is 0.708 bits per heavy atom. The maximum absolute atomic E-state index is 2.50. The maximum atomic E-state index is 2.50. The van der Waals surface area contributed by atoms with Crippen molar-refractivity contribution in [1.29, 1.82) is 0 Å². The Kier molecular flexibility index (Phi) is 3.96. The summed E-state index contributed by atoms with van der Waals surface area (Å²) in [6.45, 7) is 4.05. The van der Waals surface area contributed by atoms with Gasteiger partial charge in [0.05, 0.1) is 12.7 Å². The van der Waals surface area contributed by atoms with Crippen molar-refractivity contribution in [2.24, 2.45) is 0 Å². The van der Waals surface area contributed by atoms with Crippen molar-refractivity contribution >= 4 is 11.4 Å². The van der Waals surface area contributed by atoms with Crippen molar-refractivity contribution in [3.8, 4) is 0 Å². The summed E-state index contributed by atoms with van der Waals surface area (Å²) < 4.78 is 0. The number of benzene rings is 3. The van der Waals surface area contributed by atoms with Gasteiger partial charge >= 0.3 is 0 Å². The monoisotopic (exact) mass is 314 g/mol. The predicted octanol–water partition coefficient (Wildman–Crippen LogP) is 5.02. The van der Waals surface area contributed by atoms with Gasteiger partial charge in [-0.25, -0.2) is 0 Å². The second kappa shape index (κ2) is 6.40. The SMILES string of the molecule is Cc1ccc(N2CN(c3ccccc3)CC2c2ccccc2)cc1. The van der Waals surface area contributed by atoms with Crippen LogP contribution in [-0.2, 0) is 0 Å². The van der Waals surface area contributed by atoms with Gasteiger partial charge in [0.25, 0.3) is 0 Å². The molecule has 1 saturated heterocycles. The van der Waals surface area contributed by atoms with Crippen LogP contribution in [0.3, 0.4) is 0 Å². The molecule has 1 atom stereocenters. The molecular weight excluding hydrogens is 292 g/mol. The summed E-state index contributed by atoms with van der Waals surface area (Å²) in [6, 6.07) is 30.8. The lowest BCUT2D eigenvalue weighted by atomic mass is 10.1. The maximum Gasteiger partial charge on any atom is 0.0910 e. The molecule has 4 rings (SSSR count). The number of hydrogen-bond donors (Lipinski definition) is 0. The highest BCUT2D eigenvalue weighted by atomic mass is 15.4. The standard InChI is InChI=1S/C22H22N2/c1-18-12-14-21(15-13-18)24-17-23(20-10-6-3-7-11-20)16-22(24)19-8-4-2-5-9-19/h2-15,22H,16-17H2,1H3. The minimum atomic E-state index is 0.370. The van der Waals surface area contributed by atoms with Crippen molar-refractivity contribution < 1.29 is 0 Å². The van der Waals surface area contributed by atoms with Crippen molar-refractivity contribution in [1.82, 2.24) is 0 Å². The van der Waals surface area contributed by atoms with Gasteiger partial charge in [-0.1, -0.05) is 66.2 Å². The summed E-state index contributed by atoms with van der Waals surface area (Å²) in [4.78, 5) is 4.96. The first-order chi connectivity index (χ1) is 11.8. The van der Waals surface area contributed by atoms with Crippen molar-refractivity contribution in [2.45, 2.75) is 13.0 Å². The quantitative estimate of drug-likeness (QED) is 0.669. The van der Waals surface area contributed by atoms with E-state index in [1.54, 1.807) is 0 Å². The molecule has 0 radical (unpaired) electrons. The second-order valence-corrected chi connectivity index (χ2v) is 6.43. The number of aryl methyl sites for hydroxylation is 1. The minimum absolute atomic E-state index is 0.370. The first kappa shape index (κ1) is 14.8. The van der Waals surface area contributed by atoms with Gasteiger partial charge in [0.2, 0.25) is 0 Å². The largest absolute Gasteiger partial charge is 0.351 e. The van der Waals surface area contributed by atoms with Crippen LogP contribution < -0.4 is 9.80 Å². The van der Waals surface area contributed by atoms with Crippen LogP contribution in [0.4, 0.5) is 11.4 Å². The molecule has 1 unspecified atom stereocenters. The third kappa shape index (κ3) is 2.88. The molecule has 0 N–H and O–H groups in total. The zero-order chi connectivity index (χ0) is 16.4. The fourth-order valence-electron chi connectivity index (χ4n) is 3.43. The van der Waals surface area contributed by atoms with Crippen molar-refractivity contribution in [2.75, 3.05) is 23.0 Å². The summed E-state index contributed by atoms with van der Waals surface area (Å²) >= 11 is 0. The van der Waals surface area contributed by atoms with E-state index in [1.165, 1.54) is 22.5 Å². The fourth-order valence-corrected chi connectivity index (χ4v) is 3.43. The Hall–Kier alpha value is -2.74. The van der Waals surface area contributed by atoms with Gasteiger partial charge < -0.3 is 9.80 Å². The zero-order valence-electron chi connectivity index (χ0n) is 14.0. The average molecular weight is 314 g/mol. The summed E-state index contributed by atoms with van der Waals surface area (Å²) in [5.74, 6) is 0. The summed E-state index contributed by atoms with van der Waals surface area (Å²) in [6.07, 6.45) is 0. The van der Waals surface area contributed by atoms with Crippen molar-refractivity contribution in [3.63, 3.8) is 0 Å². The number of hydrogen-bond acceptors (Lipinski definition) is 2. The molecule has 1 fully saturated rings. The third-order valence-electron chi connectivity index (χ3n) is 4.76. The highest BCUT2D eigenvalue weighted by Gasteiger charge is 2.31. The lowest BCUT2D eigenvalue weighted by Gasteiger charge is -2.26. The van der Waals surface area contributed by atoms with Crippen LogP contribution in [0.2, 0.25) is 0 Å². The van der Waals surface area contributed by atoms with Gasteiger partial charge in [0, 0.05) is 17.9 Å². The molecule has 3 aromatic carbocycles. The summed E-state index contributed by atoms with van der Waals surface area (Å²) in [5, 5.41) is 0. The molecule has 0 bridgehead atoms. The van der Waals surface area contributed by atoms with E-state index < -0.39 is 0 Å². The smallest absolute Gasteiger partial charge is 0.0910 e. The van der Waals surface area contributed by atoms with E-state index in [-0.39, 0.29) is 0 Å². The lowest BCUT2D eigenvalue weighted by molar-refractivity contribution is 0.762. The van der Waals surface area contributed by atoms with E-state index in [0.717, 1.165) is 13.2 Å². The van der Waals surface area contributed by atoms with Gasteiger partial charge in [-0.3, -0.25) is 0 Å². The first-order valence-corrected chi connectivity index (χ1v) is 8.49. The number of anilines is 2. The molecule has 0 aliphatic carbocycles. The van der Waals surface area contributed by atoms with Gasteiger partial charge in [-0.15, -0.1) is 0 Å². The normalized spacial score (nSPS) is 17.3. The van der Waals surface area contributed by atoms with E-state index >= 15 is 0 Å². The molecule has 0 aromatic heterocycles. The lowest BCUT2D eigenvalue weighted by Crippen LogP contribution is -2.26. The van der Waals surface area contributed by atoms with Crippen LogP contribution in [-0.4, -0.2) is 13.2 Å². The molecule has 1 aliphatic rings. The number of rotatable bonds is 3. The first-order valence-electron chi connectivity index (χ1n) is 8.49. The molecule has 0 saturated carbocycles. The zero-order valence-corrected chi connectivity index (χ0v) is 14.0. The van der Waals surface area contributed by atoms with E-state index in [9.17, 15) is 0 Å². The van der Waals surface area contributed by atoms with Crippen molar-refractivity contribution in [3.05, 3.63) is 96.1 Å².